The highest BCUT2D eigenvalue weighted by atomic mass is 19.1. The summed E-state index contributed by atoms with van der Waals surface area (Å²) >= 11 is 0. The number of H-pyrrole nitrogens is 1. The van der Waals surface area contributed by atoms with Gasteiger partial charge in [-0.1, -0.05) is 6.07 Å². The standard InChI is InChI=1S/C19H17FN4O2/c20-15-2-1-3-16-14(15)10-17(24-16)18(25)21-11-4-6-12(7-5-11)22-19(26)23-13-8-9-13/h1-7,10,13,24H,8-9H2,(H,21,25)(H2,22,23,26). The van der Waals surface area contributed by atoms with E-state index in [1.54, 1.807) is 36.4 Å². The molecule has 1 fully saturated rings. The average molecular weight is 352 g/mol. The normalized spacial score (nSPS) is 13.4. The van der Waals surface area contributed by atoms with Gasteiger partial charge in [0.25, 0.3) is 5.91 Å². The quantitative estimate of drug-likeness (QED) is 0.575. The molecule has 0 atom stereocenters. The van der Waals surface area contributed by atoms with Crippen molar-refractivity contribution < 1.29 is 14.0 Å². The number of anilines is 2. The highest BCUT2D eigenvalue weighted by Gasteiger charge is 2.23. The molecule has 4 N–H and O–H groups in total. The maximum atomic E-state index is 13.7. The Kier molecular flexibility index (Phi) is 4.04. The maximum Gasteiger partial charge on any atom is 0.319 e. The Balaban J connectivity index is 1.41. The Morgan fingerprint density at radius 2 is 1.69 bits per heavy atom. The number of carbonyl (C=O) groups is 2. The second kappa shape index (κ2) is 6.51. The molecule has 132 valence electrons. The van der Waals surface area contributed by atoms with Crippen LogP contribution in [0.25, 0.3) is 10.9 Å². The zero-order chi connectivity index (χ0) is 18.1. The van der Waals surface area contributed by atoms with Crippen LogP contribution in [0.15, 0.2) is 48.5 Å². The van der Waals surface area contributed by atoms with Crippen LogP contribution in [0.1, 0.15) is 23.3 Å². The van der Waals surface area contributed by atoms with Crippen LogP contribution in [0.3, 0.4) is 0 Å². The van der Waals surface area contributed by atoms with Crippen LogP contribution < -0.4 is 16.0 Å². The van der Waals surface area contributed by atoms with Crippen molar-refractivity contribution in [1.82, 2.24) is 10.3 Å². The summed E-state index contributed by atoms with van der Waals surface area (Å²) in [5.41, 5.74) is 2.04. The number of carbonyl (C=O) groups excluding carboxylic acids is 2. The summed E-state index contributed by atoms with van der Waals surface area (Å²) in [5.74, 6) is -0.745. The Morgan fingerprint density at radius 1 is 1.00 bits per heavy atom. The fourth-order valence-electron chi connectivity index (χ4n) is 2.66. The first kappa shape index (κ1) is 16.1. The molecule has 0 radical (unpaired) electrons. The molecule has 26 heavy (non-hydrogen) atoms. The molecule has 0 bridgehead atoms. The van der Waals surface area contributed by atoms with E-state index in [0.29, 0.717) is 22.3 Å². The van der Waals surface area contributed by atoms with Gasteiger partial charge in [-0.25, -0.2) is 9.18 Å². The second-order valence-electron chi connectivity index (χ2n) is 6.29. The Bertz CT molecular complexity index is 977. The number of benzene rings is 2. The number of aromatic nitrogens is 1. The van der Waals surface area contributed by atoms with Crippen molar-refractivity contribution in [3.8, 4) is 0 Å². The van der Waals surface area contributed by atoms with Crippen LogP contribution >= 0.6 is 0 Å². The minimum Gasteiger partial charge on any atom is -0.350 e. The van der Waals surface area contributed by atoms with Gasteiger partial charge in [-0.15, -0.1) is 0 Å². The predicted molar refractivity (Wildman–Crippen MR) is 97.8 cm³/mol. The molecule has 7 heteroatoms. The maximum absolute atomic E-state index is 13.7. The molecule has 1 heterocycles. The van der Waals surface area contributed by atoms with E-state index in [-0.39, 0.29) is 29.5 Å². The van der Waals surface area contributed by atoms with Crippen molar-refractivity contribution in [3.05, 3.63) is 60.0 Å². The fourth-order valence-corrected chi connectivity index (χ4v) is 2.66. The summed E-state index contributed by atoms with van der Waals surface area (Å²) in [6.45, 7) is 0. The van der Waals surface area contributed by atoms with Gasteiger partial charge in [0.2, 0.25) is 0 Å². The first-order valence-electron chi connectivity index (χ1n) is 8.35. The minimum absolute atomic E-state index is 0.232. The lowest BCUT2D eigenvalue weighted by molar-refractivity contribution is 0.102. The van der Waals surface area contributed by atoms with Crippen LogP contribution in [0, 0.1) is 5.82 Å². The monoisotopic (exact) mass is 352 g/mol. The summed E-state index contributed by atoms with van der Waals surface area (Å²) in [5, 5.41) is 8.69. The highest BCUT2D eigenvalue weighted by molar-refractivity contribution is 6.06. The largest absolute Gasteiger partial charge is 0.350 e. The van der Waals surface area contributed by atoms with E-state index in [9.17, 15) is 14.0 Å². The van der Waals surface area contributed by atoms with Crippen LogP contribution in [0.2, 0.25) is 0 Å². The molecule has 1 aliphatic carbocycles. The molecular weight excluding hydrogens is 335 g/mol. The number of halogens is 1. The molecule has 0 spiro atoms. The topological polar surface area (TPSA) is 86.0 Å². The van der Waals surface area contributed by atoms with Crippen molar-refractivity contribution in [1.29, 1.82) is 0 Å². The fraction of sp³-hybridized carbons (Fsp3) is 0.158. The molecule has 6 nitrogen and oxygen atoms in total. The van der Waals surface area contributed by atoms with Crippen LogP contribution in [0.4, 0.5) is 20.6 Å². The lowest BCUT2D eigenvalue weighted by Crippen LogP contribution is -2.30. The van der Waals surface area contributed by atoms with E-state index in [0.717, 1.165) is 12.8 Å². The first-order chi connectivity index (χ1) is 12.6. The molecule has 1 aromatic heterocycles. The van der Waals surface area contributed by atoms with Gasteiger partial charge in [0.05, 0.1) is 0 Å². The minimum atomic E-state index is -0.377. The molecule has 2 aromatic carbocycles. The molecule has 0 aliphatic heterocycles. The van der Waals surface area contributed by atoms with Gasteiger partial charge in [0.15, 0.2) is 0 Å². The van der Waals surface area contributed by atoms with Crippen LogP contribution in [-0.4, -0.2) is 23.0 Å². The zero-order valence-electron chi connectivity index (χ0n) is 13.8. The molecule has 3 amide bonds. The number of rotatable bonds is 4. The number of nitrogens with one attached hydrogen (secondary N) is 4. The van der Waals surface area contributed by atoms with Crippen molar-refractivity contribution in [2.45, 2.75) is 18.9 Å². The first-order valence-corrected chi connectivity index (χ1v) is 8.35. The summed E-state index contributed by atoms with van der Waals surface area (Å²) < 4.78 is 13.7. The van der Waals surface area contributed by atoms with E-state index < -0.39 is 0 Å². The predicted octanol–water partition coefficient (Wildman–Crippen LogP) is 3.84. The van der Waals surface area contributed by atoms with Crippen molar-refractivity contribution in [3.63, 3.8) is 0 Å². The number of amides is 3. The molecule has 1 aliphatic rings. The number of fused-ring (bicyclic) bond motifs is 1. The Hall–Kier alpha value is -3.35. The van der Waals surface area contributed by atoms with E-state index in [1.165, 1.54) is 12.1 Å². The van der Waals surface area contributed by atoms with Gasteiger partial charge in [0.1, 0.15) is 11.5 Å². The van der Waals surface area contributed by atoms with E-state index >= 15 is 0 Å². The number of urea groups is 1. The molecular formula is C19H17FN4O2. The number of hydrogen-bond acceptors (Lipinski definition) is 2. The van der Waals surface area contributed by atoms with Gasteiger partial charge >= 0.3 is 6.03 Å². The van der Waals surface area contributed by atoms with Gasteiger partial charge < -0.3 is 20.9 Å². The Labute approximate surface area is 148 Å². The molecule has 1 saturated carbocycles. The van der Waals surface area contributed by atoms with Crippen molar-refractivity contribution >= 4 is 34.2 Å². The van der Waals surface area contributed by atoms with Crippen molar-refractivity contribution in [2.24, 2.45) is 0 Å². The van der Waals surface area contributed by atoms with E-state index in [1.807, 2.05) is 0 Å². The summed E-state index contributed by atoms with van der Waals surface area (Å²) in [4.78, 5) is 26.9. The third kappa shape index (κ3) is 3.51. The lowest BCUT2D eigenvalue weighted by atomic mass is 10.2. The van der Waals surface area contributed by atoms with Gasteiger partial charge in [0, 0.05) is 28.3 Å². The average Bonchev–Trinajstić information content (AvgIpc) is 3.31. The summed E-state index contributed by atoms with van der Waals surface area (Å²) in [6.07, 6.45) is 2.05. The Morgan fingerprint density at radius 3 is 2.35 bits per heavy atom. The van der Waals surface area contributed by atoms with Crippen molar-refractivity contribution in [2.75, 3.05) is 10.6 Å². The highest BCUT2D eigenvalue weighted by Crippen LogP contribution is 2.21. The van der Waals surface area contributed by atoms with E-state index in [2.05, 4.69) is 20.9 Å². The molecule has 0 saturated heterocycles. The molecule has 4 rings (SSSR count). The van der Waals surface area contributed by atoms with Gasteiger partial charge in [-0.2, -0.15) is 0 Å². The van der Waals surface area contributed by atoms with E-state index in [4.69, 9.17) is 0 Å². The third-order valence-corrected chi connectivity index (χ3v) is 4.17. The summed E-state index contributed by atoms with van der Waals surface area (Å²) in [6, 6.07) is 13.0. The van der Waals surface area contributed by atoms with Crippen LogP contribution in [0.5, 0.6) is 0 Å². The number of aromatic amines is 1. The number of hydrogen-bond donors (Lipinski definition) is 4. The molecule has 0 unspecified atom stereocenters. The van der Waals surface area contributed by atoms with Crippen LogP contribution in [-0.2, 0) is 0 Å². The van der Waals surface area contributed by atoms with Gasteiger partial charge in [-0.3, -0.25) is 4.79 Å². The summed E-state index contributed by atoms with van der Waals surface area (Å²) in [7, 11) is 0. The lowest BCUT2D eigenvalue weighted by Gasteiger charge is -2.08. The zero-order valence-corrected chi connectivity index (χ0v) is 13.8. The SMILES string of the molecule is O=C(Nc1ccc(NC(=O)c2cc3c(F)cccc3[nH]2)cc1)NC1CC1. The smallest absolute Gasteiger partial charge is 0.319 e. The third-order valence-electron chi connectivity index (χ3n) is 4.17. The van der Waals surface area contributed by atoms with Gasteiger partial charge in [-0.05, 0) is 55.3 Å². The molecule has 3 aromatic rings. The second-order valence-corrected chi connectivity index (χ2v) is 6.29.